The van der Waals surface area contributed by atoms with Gasteiger partial charge in [-0.15, -0.1) is 0 Å². The molecular weight excluding hydrogens is 262 g/mol. The van der Waals surface area contributed by atoms with Crippen LogP contribution in [0.15, 0.2) is 0 Å². The minimum Gasteiger partial charge on any atom is -0.481 e. The Balaban J connectivity index is 2.78. The maximum atomic E-state index is 11.7. The van der Waals surface area contributed by atoms with Crippen molar-refractivity contribution in [1.29, 1.82) is 0 Å². The van der Waals surface area contributed by atoms with E-state index in [-0.39, 0.29) is 12.0 Å². The Morgan fingerprint density at radius 1 is 1.19 bits per heavy atom. The molecule has 0 radical (unpaired) electrons. The van der Waals surface area contributed by atoms with Gasteiger partial charge in [0.2, 0.25) is 0 Å². The van der Waals surface area contributed by atoms with Gasteiger partial charge in [-0.05, 0) is 52.0 Å². The molecule has 1 saturated carbocycles. The Morgan fingerprint density at radius 2 is 1.90 bits per heavy atom. The fraction of sp³-hybridized carbons (Fsp3) is 0.944. The first-order chi connectivity index (χ1) is 10.0. The van der Waals surface area contributed by atoms with E-state index in [1.807, 2.05) is 0 Å². The van der Waals surface area contributed by atoms with Gasteiger partial charge in [0.1, 0.15) is 0 Å². The predicted octanol–water partition coefficient (Wildman–Crippen LogP) is 4.56. The predicted molar refractivity (Wildman–Crippen MR) is 88.5 cm³/mol. The molecule has 0 aromatic rings. The first-order valence-corrected chi connectivity index (χ1v) is 8.99. The molecule has 0 bridgehead atoms. The average Bonchev–Trinajstić information content (AvgIpc) is 2.43. The molecule has 1 rings (SSSR count). The van der Waals surface area contributed by atoms with Crippen LogP contribution >= 0.6 is 0 Å². The number of nitrogens with zero attached hydrogens (tertiary/aromatic N) is 1. The standard InChI is InChI=1S/C18H35NO2/c1-5-7-8-12-19(14(3)4)17-13-15(9-6-2)10-11-16(17)18(20)21/h14-17H,5-13H2,1-4H3,(H,20,21). The lowest BCUT2D eigenvalue weighted by atomic mass is 9.75. The molecule has 0 saturated heterocycles. The van der Waals surface area contributed by atoms with E-state index >= 15 is 0 Å². The minimum absolute atomic E-state index is 0.165. The quantitative estimate of drug-likeness (QED) is 0.634. The number of hydrogen-bond donors (Lipinski definition) is 1. The van der Waals surface area contributed by atoms with E-state index in [2.05, 4.69) is 32.6 Å². The monoisotopic (exact) mass is 297 g/mol. The number of hydrogen-bond acceptors (Lipinski definition) is 2. The molecule has 0 spiro atoms. The second kappa shape index (κ2) is 9.45. The summed E-state index contributed by atoms with van der Waals surface area (Å²) in [6, 6.07) is 0.679. The van der Waals surface area contributed by atoms with Crippen molar-refractivity contribution in [3.63, 3.8) is 0 Å². The number of carbonyl (C=O) groups is 1. The zero-order valence-electron chi connectivity index (χ0n) is 14.5. The van der Waals surface area contributed by atoms with Crippen molar-refractivity contribution in [2.75, 3.05) is 6.54 Å². The molecule has 124 valence electrons. The molecule has 1 aliphatic rings. The molecule has 0 aromatic heterocycles. The third-order valence-corrected chi connectivity index (χ3v) is 5.05. The van der Waals surface area contributed by atoms with E-state index in [0.29, 0.717) is 6.04 Å². The number of carboxylic acids is 1. The molecule has 1 aliphatic carbocycles. The van der Waals surface area contributed by atoms with Crippen LogP contribution in [0.1, 0.15) is 79.1 Å². The zero-order chi connectivity index (χ0) is 15.8. The molecule has 0 aromatic carbocycles. The van der Waals surface area contributed by atoms with Gasteiger partial charge in [0, 0.05) is 12.1 Å². The minimum atomic E-state index is -0.587. The second-order valence-corrected chi connectivity index (χ2v) is 7.02. The van der Waals surface area contributed by atoms with Crippen molar-refractivity contribution in [3.8, 4) is 0 Å². The SMILES string of the molecule is CCCCCN(C(C)C)C1CC(CCC)CCC1C(=O)O. The fourth-order valence-electron chi connectivity index (χ4n) is 3.91. The van der Waals surface area contributed by atoms with Crippen LogP contribution in [0.5, 0.6) is 0 Å². The molecule has 1 N–H and O–H groups in total. The molecule has 3 unspecified atom stereocenters. The van der Waals surface area contributed by atoms with Gasteiger partial charge < -0.3 is 5.11 Å². The Labute approximate surface area is 131 Å². The number of aliphatic carboxylic acids is 1. The summed E-state index contributed by atoms with van der Waals surface area (Å²) in [7, 11) is 0. The summed E-state index contributed by atoms with van der Waals surface area (Å²) < 4.78 is 0. The third kappa shape index (κ3) is 5.61. The summed E-state index contributed by atoms with van der Waals surface area (Å²) in [5, 5.41) is 9.60. The van der Waals surface area contributed by atoms with Crippen LogP contribution in [-0.2, 0) is 4.79 Å². The summed E-state index contributed by atoms with van der Waals surface area (Å²) in [4.78, 5) is 14.1. The topological polar surface area (TPSA) is 40.5 Å². The molecule has 0 aliphatic heterocycles. The maximum Gasteiger partial charge on any atom is 0.308 e. The van der Waals surface area contributed by atoms with E-state index in [0.717, 1.165) is 31.7 Å². The van der Waals surface area contributed by atoms with Crippen LogP contribution in [0, 0.1) is 11.8 Å². The number of unbranched alkanes of at least 4 members (excludes halogenated alkanes) is 2. The van der Waals surface area contributed by atoms with Gasteiger partial charge in [0.05, 0.1) is 5.92 Å². The van der Waals surface area contributed by atoms with Gasteiger partial charge in [0.15, 0.2) is 0 Å². The molecule has 3 nitrogen and oxygen atoms in total. The van der Waals surface area contributed by atoms with Gasteiger partial charge in [0.25, 0.3) is 0 Å². The molecule has 1 fully saturated rings. The van der Waals surface area contributed by atoms with E-state index in [4.69, 9.17) is 0 Å². The average molecular weight is 297 g/mol. The van der Waals surface area contributed by atoms with Crippen molar-refractivity contribution in [3.05, 3.63) is 0 Å². The van der Waals surface area contributed by atoms with Gasteiger partial charge in [-0.1, -0.05) is 39.5 Å². The van der Waals surface area contributed by atoms with E-state index in [9.17, 15) is 9.90 Å². The van der Waals surface area contributed by atoms with E-state index < -0.39 is 5.97 Å². The zero-order valence-corrected chi connectivity index (χ0v) is 14.5. The summed E-state index contributed by atoms with van der Waals surface area (Å²) in [5.41, 5.74) is 0. The Kier molecular flexibility index (Phi) is 8.31. The Hall–Kier alpha value is -0.570. The van der Waals surface area contributed by atoms with Crippen LogP contribution in [0.4, 0.5) is 0 Å². The summed E-state index contributed by atoms with van der Waals surface area (Å²) in [6.45, 7) is 9.94. The summed E-state index contributed by atoms with van der Waals surface area (Å²) in [6.07, 6.45) is 9.16. The van der Waals surface area contributed by atoms with Crippen molar-refractivity contribution in [2.24, 2.45) is 11.8 Å². The van der Waals surface area contributed by atoms with Crippen molar-refractivity contribution in [1.82, 2.24) is 4.90 Å². The smallest absolute Gasteiger partial charge is 0.308 e. The highest BCUT2D eigenvalue weighted by molar-refractivity contribution is 5.71. The lowest BCUT2D eigenvalue weighted by Gasteiger charge is -2.43. The van der Waals surface area contributed by atoms with Gasteiger partial charge in [-0.2, -0.15) is 0 Å². The normalized spacial score (nSPS) is 26.5. The van der Waals surface area contributed by atoms with Gasteiger partial charge in [-0.3, -0.25) is 9.69 Å². The lowest BCUT2D eigenvalue weighted by molar-refractivity contribution is -0.146. The van der Waals surface area contributed by atoms with Gasteiger partial charge in [-0.25, -0.2) is 0 Å². The second-order valence-electron chi connectivity index (χ2n) is 7.02. The van der Waals surface area contributed by atoms with Crippen LogP contribution in [0.3, 0.4) is 0 Å². The van der Waals surface area contributed by atoms with Crippen LogP contribution < -0.4 is 0 Å². The van der Waals surface area contributed by atoms with Crippen molar-refractivity contribution >= 4 is 5.97 Å². The first-order valence-electron chi connectivity index (χ1n) is 8.99. The Morgan fingerprint density at radius 3 is 2.43 bits per heavy atom. The lowest BCUT2D eigenvalue weighted by Crippen LogP contribution is -2.50. The maximum absolute atomic E-state index is 11.7. The summed E-state index contributed by atoms with van der Waals surface area (Å²) in [5.74, 6) is -0.0266. The number of rotatable bonds is 9. The molecule has 21 heavy (non-hydrogen) atoms. The highest BCUT2D eigenvalue weighted by Gasteiger charge is 2.38. The van der Waals surface area contributed by atoms with Crippen LogP contribution in [0.2, 0.25) is 0 Å². The Bertz CT molecular complexity index is 304. The van der Waals surface area contributed by atoms with Gasteiger partial charge >= 0.3 is 5.97 Å². The highest BCUT2D eigenvalue weighted by Crippen LogP contribution is 2.36. The molecule has 0 heterocycles. The molecule has 0 amide bonds. The third-order valence-electron chi connectivity index (χ3n) is 5.05. The van der Waals surface area contributed by atoms with E-state index in [1.165, 1.54) is 32.1 Å². The first kappa shape index (κ1) is 18.5. The fourth-order valence-corrected chi connectivity index (χ4v) is 3.91. The summed E-state index contributed by atoms with van der Waals surface area (Å²) >= 11 is 0. The number of carboxylic acid groups (broad SMARTS) is 1. The van der Waals surface area contributed by atoms with Crippen molar-refractivity contribution in [2.45, 2.75) is 91.1 Å². The highest BCUT2D eigenvalue weighted by atomic mass is 16.4. The van der Waals surface area contributed by atoms with Crippen molar-refractivity contribution < 1.29 is 9.90 Å². The molecule has 3 atom stereocenters. The van der Waals surface area contributed by atoms with Crippen LogP contribution in [0.25, 0.3) is 0 Å². The van der Waals surface area contributed by atoms with E-state index in [1.54, 1.807) is 0 Å². The molecule has 3 heteroatoms. The molecular formula is C18H35NO2. The van der Waals surface area contributed by atoms with Crippen LogP contribution in [-0.4, -0.2) is 34.6 Å². The largest absolute Gasteiger partial charge is 0.481 e.